The number of alkyl halides is 1. The predicted octanol–water partition coefficient (Wildman–Crippen LogP) is 4.35. The van der Waals surface area contributed by atoms with Crippen LogP contribution in [0.25, 0.3) is 0 Å². The first kappa shape index (κ1) is 11.9. The first-order chi connectivity index (χ1) is 7.31. The summed E-state index contributed by atoms with van der Waals surface area (Å²) in [7, 11) is 0. The Morgan fingerprint density at radius 3 is 2.73 bits per heavy atom. The lowest BCUT2D eigenvalue weighted by Crippen LogP contribution is -2.08. The summed E-state index contributed by atoms with van der Waals surface area (Å²) in [5.41, 5.74) is 1.27. The van der Waals surface area contributed by atoms with E-state index in [4.69, 9.17) is 4.74 Å². The lowest BCUT2D eigenvalue weighted by atomic mass is 10.1. The van der Waals surface area contributed by atoms with E-state index in [0.717, 1.165) is 21.4 Å². The molecule has 0 amide bonds. The third-order valence-corrected chi connectivity index (χ3v) is 4.14. The predicted molar refractivity (Wildman–Crippen MR) is 74.4 cm³/mol. The van der Waals surface area contributed by atoms with Gasteiger partial charge in [-0.15, -0.1) is 0 Å². The van der Waals surface area contributed by atoms with Crippen LogP contribution >= 0.6 is 38.5 Å². The van der Waals surface area contributed by atoms with Crippen LogP contribution in [0.5, 0.6) is 0 Å². The minimum atomic E-state index is 0.238. The highest BCUT2D eigenvalue weighted by molar-refractivity contribution is 14.1. The Hall–Kier alpha value is 0.390. The van der Waals surface area contributed by atoms with Gasteiger partial charge >= 0.3 is 0 Å². The van der Waals surface area contributed by atoms with Gasteiger partial charge in [0.1, 0.15) is 0 Å². The number of ether oxygens (including phenoxy) is 1. The molecule has 1 atom stereocenters. The molecule has 0 radical (unpaired) electrons. The Labute approximate surface area is 113 Å². The fourth-order valence-corrected chi connectivity index (χ4v) is 2.76. The van der Waals surface area contributed by atoms with Crippen molar-refractivity contribution in [3.05, 3.63) is 34.3 Å². The first-order valence-electron chi connectivity index (χ1n) is 5.23. The molecule has 0 spiro atoms. The molecule has 0 heterocycles. The molecule has 1 unspecified atom stereocenters. The van der Waals surface area contributed by atoms with Crippen LogP contribution in [0.2, 0.25) is 0 Å². The van der Waals surface area contributed by atoms with E-state index in [1.165, 1.54) is 18.4 Å². The molecule has 1 aliphatic rings. The lowest BCUT2D eigenvalue weighted by Gasteiger charge is -2.17. The van der Waals surface area contributed by atoms with E-state index in [1.54, 1.807) is 0 Å². The van der Waals surface area contributed by atoms with Gasteiger partial charge in [0.25, 0.3) is 0 Å². The van der Waals surface area contributed by atoms with Crippen molar-refractivity contribution in [3.63, 3.8) is 0 Å². The van der Waals surface area contributed by atoms with E-state index >= 15 is 0 Å². The van der Waals surface area contributed by atoms with E-state index in [1.807, 2.05) is 6.07 Å². The summed E-state index contributed by atoms with van der Waals surface area (Å²) in [6.45, 7) is 0.926. The number of benzene rings is 1. The summed E-state index contributed by atoms with van der Waals surface area (Å²) < 4.78 is 8.11. The SMILES string of the molecule is Brc1ccccc1C(CI)OCC1CC1. The number of hydrogen-bond acceptors (Lipinski definition) is 1. The first-order valence-corrected chi connectivity index (χ1v) is 7.55. The van der Waals surface area contributed by atoms with Gasteiger partial charge in [-0.1, -0.05) is 56.7 Å². The average Bonchev–Trinajstić information content (AvgIpc) is 3.05. The molecule has 1 fully saturated rings. The maximum absolute atomic E-state index is 5.94. The molecule has 0 aliphatic heterocycles. The number of rotatable bonds is 5. The monoisotopic (exact) mass is 380 g/mol. The quantitative estimate of drug-likeness (QED) is 0.545. The molecule has 1 saturated carbocycles. The van der Waals surface area contributed by atoms with E-state index in [9.17, 15) is 0 Å². The van der Waals surface area contributed by atoms with Crippen molar-refractivity contribution < 1.29 is 4.74 Å². The highest BCUT2D eigenvalue weighted by Crippen LogP contribution is 2.33. The fourth-order valence-electron chi connectivity index (χ4n) is 1.49. The molecule has 15 heavy (non-hydrogen) atoms. The molecule has 1 aromatic carbocycles. The van der Waals surface area contributed by atoms with Crippen molar-refractivity contribution in [3.8, 4) is 0 Å². The zero-order chi connectivity index (χ0) is 10.7. The van der Waals surface area contributed by atoms with Crippen LogP contribution in [0.15, 0.2) is 28.7 Å². The largest absolute Gasteiger partial charge is 0.372 e. The van der Waals surface area contributed by atoms with E-state index < -0.39 is 0 Å². The second-order valence-electron chi connectivity index (χ2n) is 3.94. The average molecular weight is 381 g/mol. The van der Waals surface area contributed by atoms with E-state index in [0.29, 0.717) is 0 Å². The molecule has 0 aromatic heterocycles. The van der Waals surface area contributed by atoms with Gasteiger partial charge in [-0.3, -0.25) is 0 Å². The Kier molecular flexibility index (Phi) is 4.46. The summed E-state index contributed by atoms with van der Waals surface area (Å²) in [5.74, 6) is 0.831. The van der Waals surface area contributed by atoms with Crippen molar-refractivity contribution in [2.24, 2.45) is 5.92 Å². The van der Waals surface area contributed by atoms with Crippen molar-refractivity contribution in [1.82, 2.24) is 0 Å². The molecule has 1 aliphatic carbocycles. The molecule has 0 saturated heterocycles. The molecule has 2 rings (SSSR count). The highest BCUT2D eigenvalue weighted by Gasteiger charge is 2.23. The van der Waals surface area contributed by atoms with Gasteiger partial charge in [0.2, 0.25) is 0 Å². The van der Waals surface area contributed by atoms with Crippen LogP contribution in [0, 0.1) is 5.92 Å². The third-order valence-electron chi connectivity index (χ3n) is 2.62. The van der Waals surface area contributed by atoms with Gasteiger partial charge in [-0.2, -0.15) is 0 Å². The minimum Gasteiger partial charge on any atom is -0.372 e. The second-order valence-corrected chi connectivity index (χ2v) is 5.68. The summed E-state index contributed by atoms with van der Waals surface area (Å²) >= 11 is 5.97. The van der Waals surface area contributed by atoms with E-state index in [2.05, 4.69) is 56.7 Å². The Morgan fingerprint density at radius 2 is 2.13 bits per heavy atom. The van der Waals surface area contributed by atoms with Crippen molar-refractivity contribution in [1.29, 1.82) is 0 Å². The molecular weight excluding hydrogens is 367 g/mol. The number of halogens is 2. The zero-order valence-electron chi connectivity index (χ0n) is 8.46. The Morgan fingerprint density at radius 1 is 1.40 bits per heavy atom. The van der Waals surface area contributed by atoms with Crippen LogP contribution in [0.4, 0.5) is 0 Å². The van der Waals surface area contributed by atoms with Gasteiger partial charge < -0.3 is 4.74 Å². The highest BCUT2D eigenvalue weighted by atomic mass is 127. The summed E-state index contributed by atoms with van der Waals surface area (Å²) in [4.78, 5) is 0. The molecular formula is C12H14BrIO. The third kappa shape index (κ3) is 3.43. The summed E-state index contributed by atoms with van der Waals surface area (Å²) in [6, 6.07) is 8.33. The number of hydrogen-bond donors (Lipinski definition) is 0. The molecule has 3 heteroatoms. The maximum Gasteiger partial charge on any atom is 0.0925 e. The van der Waals surface area contributed by atoms with Gasteiger partial charge in [0, 0.05) is 8.90 Å². The van der Waals surface area contributed by atoms with Crippen LogP contribution in [-0.4, -0.2) is 11.0 Å². The van der Waals surface area contributed by atoms with Crippen LogP contribution in [0.3, 0.4) is 0 Å². The van der Waals surface area contributed by atoms with Crippen molar-refractivity contribution >= 4 is 38.5 Å². The molecule has 82 valence electrons. The standard InChI is InChI=1S/C12H14BrIO/c13-11-4-2-1-3-10(11)12(7-14)15-8-9-5-6-9/h1-4,9,12H,5-8H2. The Balaban J connectivity index is 2.00. The normalized spacial score (nSPS) is 17.7. The Bertz CT molecular complexity index is 325. The minimum absolute atomic E-state index is 0.238. The van der Waals surface area contributed by atoms with Crippen molar-refractivity contribution in [2.75, 3.05) is 11.0 Å². The topological polar surface area (TPSA) is 9.23 Å². The van der Waals surface area contributed by atoms with Crippen LogP contribution in [0.1, 0.15) is 24.5 Å². The smallest absolute Gasteiger partial charge is 0.0925 e. The lowest BCUT2D eigenvalue weighted by molar-refractivity contribution is 0.0625. The summed E-state index contributed by atoms with van der Waals surface area (Å²) in [6.07, 6.45) is 2.94. The second kappa shape index (κ2) is 5.64. The zero-order valence-corrected chi connectivity index (χ0v) is 12.2. The summed E-state index contributed by atoms with van der Waals surface area (Å²) in [5, 5.41) is 0. The van der Waals surface area contributed by atoms with Gasteiger partial charge in [-0.25, -0.2) is 0 Å². The van der Waals surface area contributed by atoms with Gasteiger partial charge in [0.05, 0.1) is 12.7 Å². The molecule has 0 N–H and O–H groups in total. The maximum atomic E-state index is 5.94. The fraction of sp³-hybridized carbons (Fsp3) is 0.500. The van der Waals surface area contributed by atoms with E-state index in [-0.39, 0.29) is 6.10 Å². The molecule has 1 aromatic rings. The molecule has 1 nitrogen and oxygen atoms in total. The van der Waals surface area contributed by atoms with Crippen molar-refractivity contribution in [2.45, 2.75) is 18.9 Å². The van der Waals surface area contributed by atoms with Gasteiger partial charge in [-0.05, 0) is 30.4 Å². The van der Waals surface area contributed by atoms with Crippen LogP contribution < -0.4 is 0 Å². The van der Waals surface area contributed by atoms with Crippen LogP contribution in [-0.2, 0) is 4.74 Å². The molecule has 0 bridgehead atoms. The van der Waals surface area contributed by atoms with Gasteiger partial charge in [0.15, 0.2) is 0 Å².